The highest BCUT2D eigenvalue weighted by molar-refractivity contribution is 5.76. The predicted octanol–water partition coefficient (Wildman–Crippen LogP) is 3.31. The molecule has 2 aromatic rings. The van der Waals surface area contributed by atoms with E-state index >= 15 is 0 Å². The third-order valence-corrected chi connectivity index (χ3v) is 2.50. The molecule has 0 heterocycles. The maximum atomic E-state index is 9.03. The van der Waals surface area contributed by atoms with Gasteiger partial charge in [0.15, 0.2) is 0 Å². The van der Waals surface area contributed by atoms with E-state index in [1.807, 2.05) is 54.6 Å². The summed E-state index contributed by atoms with van der Waals surface area (Å²) in [4.78, 5) is 0. The summed E-state index contributed by atoms with van der Waals surface area (Å²) in [6, 6.07) is 17.5. The van der Waals surface area contributed by atoms with Crippen LogP contribution in [-0.4, -0.2) is 0 Å². The molecule has 2 rings (SSSR count). The van der Waals surface area contributed by atoms with Gasteiger partial charge in [-0.25, -0.2) is 0 Å². The zero-order valence-corrected chi connectivity index (χ0v) is 9.30. The van der Waals surface area contributed by atoms with Gasteiger partial charge < -0.3 is 5.73 Å². The van der Waals surface area contributed by atoms with Gasteiger partial charge in [0.25, 0.3) is 0 Å². The lowest BCUT2D eigenvalue weighted by molar-refractivity contribution is 1.47. The molecule has 2 aromatic carbocycles. The molecule has 0 bridgehead atoms. The minimum Gasteiger partial charge on any atom is -0.398 e. The number of nitrogen functional groups attached to an aromatic ring is 1. The summed E-state index contributed by atoms with van der Waals surface area (Å²) in [5, 5.41) is 9.03. The van der Waals surface area contributed by atoms with Crippen molar-refractivity contribution in [1.29, 1.82) is 5.26 Å². The Hall–Kier alpha value is -2.53. The van der Waals surface area contributed by atoms with Gasteiger partial charge in [0, 0.05) is 0 Å². The van der Waals surface area contributed by atoms with E-state index in [1.54, 1.807) is 6.07 Å². The topological polar surface area (TPSA) is 49.8 Å². The van der Waals surface area contributed by atoms with Crippen LogP contribution in [-0.2, 0) is 0 Å². The van der Waals surface area contributed by atoms with Gasteiger partial charge in [-0.3, -0.25) is 0 Å². The molecular weight excluding hydrogens is 208 g/mol. The van der Waals surface area contributed by atoms with Gasteiger partial charge in [-0.05, 0) is 17.2 Å². The number of benzene rings is 2. The quantitative estimate of drug-likeness (QED) is 0.623. The molecule has 0 unspecified atom stereocenters. The summed E-state index contributed by atoms with van der Waals surface area (Å²) in [5.41, 5.74) is 8.73. The first-order valence-corrected chi connectivity index (χ1v) is 5.33. The maximum absolute atomic E-state index is 9.03. The van der Waals surface area contributed by atoms with Crippen LogP contribution in [0.2, 0.25) is 0 Å². The summed E-state index contributed by atoms with van der Waals surface area (Å²) in [6.45, 7) is 0. The number of nitrogens with zero attached hydrogens (tertiary/aromatic N) is 1. The molecule has 2 N–H and O–H groups in total. The van der Waals surface area contributed by atoms with E-state index in [0.717, 1.165) is 11.1 Å². The second-order valence-electron chi connectivity index (χ2n) is 3.67. The van der Waals surface area contributed by atoms with Crippen molar-refractivity contribution in [1.82, 2.24) is 0 Å². The molecule has 82 valence electrons. The lowest BCUT2D eigenvalue weighted by Gasteiger charge is -2.01. The lowest BCUT2D eigenvalue weighted by atomic mass is 10.1. The largest absolute Gasteiger partial charge is 0.398 e. The molecule has 2 heteroatoms. The van der Waals surface area contributed by atoms with Gasteiger partial charge in [0.2, 0.25) is 0 Å². The Bertz CT molecular complexity index is 578. The van der Waals surface area contributed by atoms with Crippen LogP contribution in [0.25, 0.3) is 12.2 Å². The SMILES string of the molecule is N#Cc1c(N)cccc1C=Cc1ccccc1. The van der Waals surface area contributed by atoms with Gasteiger partial charge in [-0.1, -0.05) is 54.6 Å². The monoisotopic (exact) mass is 220 g/mol. The summed E-state index contributed by atoms with van der Waals surface area (Å²) in [5.74, 6) is 0. The maximum Gasteiger partial charge on any atom is 0.102 e. The number of hydrogen-bond donors (Lipinski definition) is 1. The molecular formula is C15H12N2. The van der Waals surface area contributed by atoms with Crippen molar-refractivity contribution in [2.45, 2.75) is 0 Å². The molecule has 0 saturated carbocycles. The summed E-state index contributed by atoms with van der Waals surface area (Å²) < 4.78 is 0. The van der Waals surface area contributed by atoms with Gasteiger partial charge in [-0.15, -0.1) is 0 Å². The fourth-order valence-electron chi connectivity index (χ4n) is 1.61. The molecule has 0 aromatic heterocycles. The molecule has 17 heavy (non-hydrogen) atoms. The highest BCUT2D eigenvalue weighted by Gasteiger charge is 2.01. The van der Waals surface area contributed by atoms with Crippen molar-refractivity contribution in [3.8, 4) is 6.07 Å². The zero-order chi connectivity index (χ0) is 12.1. The van der Waals surface area contributed by atoms with E-state index in [4.69, 9.17) is 11.0 Å². The van der Waals surface area contributed by atoms with Crippen LogP contribution < -0.4 is 5.73 Å². The number of hydrogen-bond acceptors (Lipinski definition) is 2. The summed E-state index contributed by atoms with van der Waals surface area (Å²) in [7, 11) is 0. The fraction of sp³-hybridized carbons (Fsp3) is 0. The van der Waals surface area contributed by atoms with Crippen LogP contribution in [0.3, 0.4) is 0 Å². The molecule has 0 aliphatic rings. The third-order valence-electron chi connectivity index (χ3n) is 2.50. The van der Waals surface area contributed by atoms with Crippen molar-refractivity contribution in [3.05, 3.63) is 65.2 Å². The normalized spacial score (nSPS) is 10.3. The number of nitrogens with two attached hydrogens (primary N) is 1. The molecule has 0 atom stereocenters. The molecule has 0 fully saturated rings. The Morgan fingerprint density at radius 2 is 1.71 bits per heavy atom. The van der Waals surface area contributed by atoms with Crippen molar-refractivity contribution < 1.29 is 0 Å². The van der Waals surface area contributed by atoms with Crippen molar-refractivity contribution in [3.63, 3.8) is 0 Å². The Labute approximate surface area is 101 Å². The average molecular weight is 220 g/mol. The Balaban J connectivity index is 2.35. The summed E-state index contributed by atoms with van der Waals surface area (Å²) >= 11 is 0. The van der Waals surface area contributed by atoms with E-state index in [-0.39, 0.29) is 0 Å². The standard InChI is InChI=1S/C15H12N2/c16-11-14-13(7-4-8-15(14)17)10-9-12-5-2-1-3-6-12/h1-10H,17H2. The van der Waals surface area contributed by atoms with E-state index in [0.29, 0.717) is 11.3 Å². The number of nitriles is 1. The van der Waals surface area contributed by atoms with Crippen LogP contribution in [0.15, 0.2) is 48.5 Å². The number of anilines is 1. The third kappa shape index (κ3) is 2.53. The minimum absolute atomic E-state index is 0.516. The Kier molecular flexibility index (Phi) is 3.23. The van der Waals surface area contributed by atoms with E-state index in [1.165, 1.54) is 0 Å². The van der Waals surface area contributed by atoms with Crippen molar-refractivity contribution in [2.24, 2.45) is 0 Å². The highest BCUT2D eigenvalue weighted by atomic mass is 14.6. The molecule has 0 spiro atoms. The molecule has 2 nitrogen and oxygen atoms in total. The first kappa shape index (κ1) is 11.0. The lowest BCUT2D eigenvalue weighted by Crippen LogP contribution is -1.92. The second kappa shape index (κ2) is 5.00. The average Bonchev–Trinajstić information content (AvgIpc) is 2.37. The van der Waals surface area contributed by atoms with E-state index in [9.17, 15) is 0 Å². The molecule has 0 amide bonds. The molecule has 0 saturated heterocycles. The minimum atomic E-state index is 0.516. The van der Waals surface area contributed by atoms with Crippen LogP contribution in [0.4, 0.5) is 5.69 Å². The van der Waals surface area contributed by atoms with Crippen molar-refractivity contribution in [2.75, 3.05) is 5.73 Å². The molecule has 0 aliphatic carbocycles. The van der Waals surface area contributed by atoms with Gasteiger partial charge >= 0.3 is 0 Å². The Morgan fingerprint density at radius 1 is 0.941 bits per heavy atom. The number of rotatable bonds is 2. The van der Waals surface area contributed by atoms with Gasteiger partial charge in [0.05, 0.1) is 11.3 Å². The van der Waals surface area contributed by atoms with E-state index < -0.39 is 0 Å². The Morgan fingerprint density at radius 3 is 2.41 bits per heavy atom. The van der Waals surface area contributed by atoms with Crippen LogP contribution >= 0.6 is 0 Å². The second-order valence-corrected chi connectivity index (χ2v) is 3.67. The van der Waals surface area contributed by atoms with E-state index in [2.05, 4.69) is 6.07 Å². The molecule has 0 radical (unpaired) electrons. The van der Waals surface area contributed by atoms with Crippen LogP contribution in [0.1, 0.15) is 16.7 Å². The fourth-order valence-corrected chi connectivity index (χ4v) is 1.61. The first-order chi connectivity index (χ1) is 8.31. The van der Waals surface area contributed by atoms with Crippen LogP contribution in [0.5, 0.6) is 0 Å². The predicted molar refractivity (Wildman–Crippen MR) is 70.9 cm³/mol. The smallest absolute Gasteiger partial charge is 0.102 e. The van der Waals surface area contributed by atoms with Gasteiger partial charge in [-0.2, -0.15) is 5.26 Å². The summed E-state index contributed by atoms with van der Waals surface area (Å²) in [6.07, 6.45) is 3.87. The highest BCUT2D eigenvalue weighted by Crippen LogP contribution is 2.18. The first-order valence-electron chi connectivity index (χ1n) is 5.33. The van der Waals surface area contributed by atoms with Gasteiger partial charge in [0.1, 0.15) is 6.07 Å². The van der Waals surface area contributed by atoms with Crippen LogP contribution in [0, 0.1) is 11.3 Å². The van der Waals surface area contributed by atoms with Crippen molar-refractivity contribution >= 4 is 17.8 Å². The zero-order valence-electron chi connectivity index (χ0n) is 9.30. The molecule has 0 aliphatic heterocycles.